The van der Waals surface area contributed by atoms with Gasteiger partial charge >= 0.3 is 0 Å². The average Bonchev–Trinajstić information content (AvgIpc) is 2.69. The molecular formula is C12H19ClN2. The second-order valence-corrected chi connectivity index (χ2v) is 4.23. The fraction of sp³-hybridized carbons (Fsp3) is 0.583. The summed E-state index contributed by atoms with van der Waals surface area (Å²) >= 11 is 0. The summed E-state index contributed by atoms with van der Waals surface area (Å²) in [6.45, 7) is 2.68. The summed E-state index contributed by atoms with van der Waals surface area (Å²) < 4.78 is 0. The van der Waals surface area contributed by atoms with Crippen molar-refractivity contribution in [2.75, 3.05) is 0 Å². The van der Waals surface area contributed by atoms with Crippen LogP contribution in [0.15, 0.2) is 12.1 Å². The van der Waals surface area contributed by atoms with Gasteiger partial charge in [0.2, 0.25) is 0 Å². The molecule has 0 amide bonds. The number of aromatic nitrogens is 1. The molecule has 1 heterocycles. The van der Waals surface area contributed by atoms with Crippen molar-refractivity contribution in [1.29, 1.82) is 0 Å². The highest BCUT2D eigenvalue weighted by molar-refractivity contribution is 5.85. The van der Waals surface area contributed by atoms with E-state index < -0.39 is 0 Å². The van der Waals surface area contributed by atoms with E-state index in [4.69, 9.17) is 5.73 Å². The molecule has 2 nitrogen and oxygen atoms in total. The lowest BCUT2D eigenvalue weighted by atomic mass is 10.0. The first-order valence-corrected chi connectivity index (χ1v) is 5.47. The van der Waals surface area contributed by atoms with Crippen LogP contribution in [0.5, 0.6) is 0 Å². The van der Waals surface area contributed by atoms with Crippen molar-refractivity contribution in [3.8, 4) is 0 Å². The quantitative estimate of drug-likeness (QED) is 0.842. The van der Waals surface area contributed by atoms with Crippen LogP contribution in [0.25, 0.3) is 0 Å². The maximum Gasteiger partial charge on any atom is 0.0440 e. The lowest BCUT2D eigenvalue weighted by molar-refractivity contribution is 0.692. The Bertz CT molecular complexity index is 319. The second kappa shape index (κ2) is 5.47. The minimum atomic E-state index is 0. The van der Waals surface area contributed by atoms with E-state index in [1.807, 2.05) is 0 Å². The molecule has 1 aliphatic rings. The third-order valence-corrected chi connectivity index (χ3v) is 3.04. The first-order valence-electron chi connectivity index (χ1n) is 5.47. The van der Waals surface area contributed by atoms with Crippen molar-refractivity contribution in [2.24, 2.45) is 5.73 Å². The Labute approximate surface area is 97.7 Å². The van der Waals surface area contributed by atoms with Gasteiger partial charge in [0, 0.05) is 23.9 Å². The molecule has 1 fully saturated rings. The maximum absolute atomic E-state index is 5.66. The molecule has 0 bridgehead atoms. The Morgan fingerprint density at radius 3 is 2.60 bits per heavy atom. The highest BCUT2D eigenvalue weighted by Crippen LogP contribution is 2.33. The van der Waals surface area contributed by atoms with E-state index in [2.05, 4.69) is 24.0 Å². The van der Waals surface area contributed by atoms with Crippen LogP contribution in [-0.2, 0) is 6.54 Å². The molecule has 84 valence electrons. The number of rotatable bonds is 2. The fourth-order valence-electron chi connectivity index (χ4n) is 2.32. The topological polar surface area (TPSA) is 38.9 Å². The smallest absolute Gasteiger partial charge is 0.0440 e. The average molecular weight is 227 g/mol. The van der Waals surface area contributed by atoms with Gasteiger partial charge in [0.15, 0.2) is 0 Å². The van der Waals surface area contributed by atoms with Crippen molar-refractivity contribution in [3.05, 3.63) is 29.1 Å². The molecule has 0 saturated heterocycles. The van der Waals surface area contributed by atoms with Gasteiger partial charge in [-0.3, -0.25) is 4.98 Å². The normalized spacial score (nSPS) is 16.4. The van der Waals surface area contributed by atoms with Crippen LogP contribution in [0.2, 0.25) is 0 Å². The van der Waals surface area contributed by atoms with E-state index in [1.165, 1.54) is 36.9 Å². The van der Waals surface area contributed by atoms with Crippen LogP contribution in [0.4, 0.5) is 0 Å². The van der Waals surface area contributed by atoms with Gasteiger partial charge in [0.1, 0.15) is 0 Å². The number of nitrogens with zero attached hydrogens (tertiary/aromatic N) is 1. The van der Waals surface area contributed by atoms with E-state index >= 15 is 0 Å². The SMILES string of the molecule is Cc1cc(CN)cc(C2CCCC2)n1.Cl. The van der Waals surface area contributed by atoms with Gasteiger partial charge in [-0.05, 0) is 37.5 Å². The molecule has 0 spiro atoms. The predicted molar refractivity (Wildman–Crippen MR) is 65.3 cm³/mol. The lowest BCUT2D eigenvalue weighted by Gasteiger charge is -2.10. The molecular weight excluding hydrogens is 208 g/mol. The molecule has 0 aliphatic heterocycles. The molecule has 1 saturated carbocycles. The Morgan fingerprint density at radius 1 is 1.33 bits per heavy atom. The standard InChI is InChI=1S/C12H18N2.ClH/c1-9-6-10(8-13)7-12(14-9)11-4-2-3-5-11;/h6-7,11H,2-5,8,13H2,1H3;1H. The minimum absolute atomic E-state index is 0. The zero-order chi connectivity index (χ0) is 9.97. The molecule has 0 aromatic carbocycles. The summed E-state index contributed by atoms with van der Waals surface area (Å²) in [5.41, 5.74) is 9.25. The highest BCUT2D eigenvalue weighted by Gasteiger charge is 2.18. The molecule has 2 rings (SSSR count). The van der Waals surface area contributed by atoms with Crippen molar-refractivity contribution >= 4 is 12.4 Å². The van der Waals surface area contributed by atoms with Gasteiger partial charge in [-0.1, -0.05) is 12.8 Å². The van der Waals surface area contributed by atoms with Crippen molar-refractivity contribution in [3.63, 3.8) is 0 Å². The summed E-state index contributed by atoms with van der Waals surface area (Å²) in [6.07, 6.45) is 5.33. The number of nitrogens with two attached hydrogens (primary N) is 1. The van der Waals surface area contributed by atoms with E-state index in [9.17, 15) is 0 Å². The summed E-state index contributed by atoms with van der Waals surface area (Å²) in [7, 11) is 0. The molecule has 0 atom stereocenters. The summed E-state index contributed by atoms with van der Waals surface area (Å²) in [5, 5.41) is 0. The Hall–Kier alpha value is -0.600. The van der Waals surface area contributed by atoms with Crippen LogP contribution in [0.3, 0.4) is 0 Å². The number of aryl methyl sites for hydroxylation is 1. The number of pyridine rings is 1. The summed E-state index contributed by atoms with van der Waals surface area (Å²) in [5.74, 6) is 0.695. The molecule has 0 unspecified atom stereocenters. The van der Waals surface area contributed by atoms with Gasteiger partial charge in [-0.15, -0.1) is 12.4 Å². The van der Waals surface area contributed by atoms with Gasteiger partial charge in [0.05, 0.1) is 0 Å². The summed E-state index contributed by atoms with van der Waals surface area (Å²) in [4.78, 5) is 4.61. The minimum Gasteiger partial charge on any atom is -0.326 e. The molecule has 1 aromatic rings. The first-order chi connectivity index (χ1) is 6.79. The van der Waals surface area contributed by atoms with Gasteiger partial charge in [-0.2, -0.15) is 0 Å². The molecule has 1 aromatic heterocycles. The van der Waals surface area contributed by atoms with Gasteiger partial charge < -0.3 is 5.73 Å². The number of hydrogen-bond acceptors (Lipinski definition) is 2. The molecule has 0 radical (unpaired) electrons. The highest BCUT2D eigenvalue weighted by atomic mass is 35.5. The van der Waals surface area contributed by atoms with Crippen LogP contribution in [0, 0.1) is 6.92 Å². The Kier molecular flexibility index (Phi) is 4.55. The van der Waals surface area contributed by atoms with Crippen molar-refractivity contribution in [2.45, 2.75) is 45.1 Å². The third-order valence-electron chi connectivity index (χ3n) is 3.04. The largest absolute Gasteiger partial charge is 0.326 e. The van der Waals surface area contributed by atoms with Crippen molar-refractivity contribution < 1.29 is 0 Å². The van der Waals surface area contributed by atoms with Crippen LogP contribution in [0.1, 0.15) is 48.6 Å². The summed E-state index contributed by atoms with van der Waals surface area (Å²) in [6, 6.07) is 4.27. The van der Waals surface area contributed by atoms with Crippen LogP contribution in [-0.4, -0.2) is 4.98 Å². The van der Waals surface area contributed by atoms with Gasteiger partial charge in [-0.25, -0.2) is 0 Å². The van der Waals surface area contributed by atoms with E-state index in [-0.39, 0.29) is 12.4 Å². The van der Waals surface area contributed by atoms with Crippen LogP contribution < -0.4 is 5.73 Å². The van der Waals surface area contributed by atoms with E-state index in [0.29, 0.717) is 12.5 Å². The Balaban J connectivity index is 0.00000112. The van der Waals surface area contributed by atoms with E-state index in [0.717, 1.165) is 5.69 Å². The second-order valence-electron chi connectivity index (χ2n) is 4.23. The molecule has 3 heteroatoms. The third kappa shape index (κ3) is 2.93. The van der Waals surface area contributed by atoms with E-state index in [1.54, 1.807) is 0 Å². The lowest BCUT2D eigenvalue weighted by Crippen LogP contribution is -2.03. The first kappa shape index (κ1) is 12.5. The molecule has 1 aliphatic carbocycles. The zero-order valence-electron chi connectivity index (χ0n) is 9.20. The number of halogens is 1. The maximum atomic E-state index is 5.66. The molecule has 2 N–H and O–H groups in total. The van der Waals surface area contributed by atoms with Crippen molar-refractivity contribution in [1.82, 2.24) is 4.98 Å². The predicted octanol–water partition coefficient (Wildman–Crippen LogP) is 2.93. The molecule has 15 heavy (non-hydrogen) atoms. The zero-order valence-corrected chi connectivity index (χ0v) is 10.0. The van der Waals surface area contributed by atoms with Crippen LogP contribution >= 0.6 is 12.4 Å². The monoisotopic (exact) mass is 226 g/mol. The Morgan fingerprint density at radius 2 is 2.00 bits per heavy atom. The number of hydrogen-bond donors (Lipinski definition) is 1. The van der Waals surface area contributed by atoms with Gasteiger partial charge in [0.25, 0.3) is 0 Å². The fourth-order valence-corrected chi connectivity index (χ4v) is 2.32.